The molecule has 1 saturated carbocycles. The minimum atomic E-state index is -4.56. The fourth-order valence-corrected chi connectivity index (χ4v) is 4.40. The third-order valence-electron chi connectivity index (χ3n) is 5.68. The molecule has 4 nitrogen and oxygen atoms in total. The minimum absolute atomic E-state index is 0.0765. The number of hydrogen-bond donors (Lipinski definition) is 0. The first-order chi connectivity index (χ1) is 14.0. The molecule has 8 heteroatoms. The third kappa shape index (κ3) is 3.85. The molecule has 1 aromatic carbocycles. The Morgan fingerprint density at radius 2 is 1.83 bits per heavy atom. The summed E-state index contributed by atoms with van der Waals surface area (Å²) in [7, 11) is 0. The van der Waals surface area contributed by atoms with Crippen LogP contribution in [0.15, 0.2) is 24.3 Å². The highest BCUT2D eigenvalue weighted by atomic mass is 35.5. The number of carbonyl (C=O) groups excluding carboxylic acids is 1. The second kappa shape index (κ2) is 7.31. The SMILES string of the molecule is Cc1c(-c2ccc(Cl)cc2)c(C(=O)N2CCOC(C)(C)C2)n(C2CC2)c1C(F)(F)F. The second-order valence-electron chi connectivity index (χ2n) is 8.64. The number of nitrogens with zero attached hydrogens (tertiary/aromatic N) is 2. The molecule has 2 aliphatic rings. The van der Waals surface area contributed by atoms with Crippen LogP contribution in [0.5, 0.6) is 0 Å². The molecule has 2 heterocycles. The van der Waals surface area contributed by atoms with Crippen molar-refractivity contribution in [1.29, 1.82) is 0 Å². The van der Waals surface area contributed by atoms with Crippen molar-refractivity contribution in [1.82, 2.24) is 9.47 Å². The smallest absolute Gasteiger partial charge is 0.372 e. The Labute approximate surface area is 178 Å². The Hall–Kier alpha value is -1.99. The van der Waals surface area contributed by atoms with Gasteiger partial charge < -0.3 is 14.2 Å². The summed E-state index contributed by atoms with van der Waals surface area (Å²) in [6.45, 7) is 6.22. The van der Waals surface area contributed by atoms with Crippen LogP contribution < -0.4 is 0 Å². The molecular formula is C22H24ClF3N2O2. The molecule has 0 atom stereocenters. The van der Waals surface area contributed by atoms with Crippen molar-refractivity contribution in [3.8, 4) is 11.1 Å². The Bertz CT molecular complexity index is 976. The van der Waals surface area contributed by atoms with Crippen LogP contribution >= 0.6 is 11.6 Å². The van der Waals surface area contributed by atoms with Gasteiger partial charge in [0.15, 0.2) is 0 Å². The van der Waals surface area contributed by atoms with E-state index in [0.717, 1.165) is 0 Å². The number of benzene rings is 1. The quantitative estimate of drug-likeness (QED) is 0.611. The van der Waals surface area contributed by atoms with Gasteiger partial charge in [0.25, 0.3) is 5.91 Å². The molecule has 1 aromatic heterocycles. The summed E-state index contributed by atoms with van der Waals surface area (Å²) in [5, 5.41) is 0.483. The average molecular weight is 441 g/mol. The van der Waals surface area contributed by atoms with Crippen LogP contribution in [0, 0.1) is 6.92 Å². The van der Waals surface area contributed by atoms with Gasteiger partial charge in [-0.2, -0.15) is 13.2 Å². The lowest BCUT2D eigenvalue weighted by Crippen LogP contribution is -2.51. The van der Waals surface area contributed by atoms with Gasteiger partial charge in [-0.1, -0.05) is 23.7 Å². The van der Waals surface area contributed by atoms with Gasteiger partial charge >= 0.3 is 6.18 Å². The van der Waals surface area contributed by atoms with Gasteiger partial charge in [0.2, 0.25) is 0 Å². The van der Waals surface area contributed by atoms with E-state index in [1.54, 1.807) is 29.2 Å². The first-order valence-corrected chi connectivity index (χ1v) is 10.4. The number of morpholine rings is 1. The number of amides is 1. The van der Waals surface area contributed by atoms with Crippen molar-refractivity contribution in [2.45, 2.75) is 51.4 Å². The van der Waals surface area contributed by atoms with Crippen LogP contribution in [0.3, 0.4) is 0 Å². The summed E-state index contributed by atoms with van der Waals surface area (Å²) in [5.41, 5.74) is -0.202. The summed E-state index contributed by atoms with van der Waals surface area (Å²) in [4.78, 5) is 15.3. The molecule has 1 aliphatic carbocycles. The highest BCUT2D eigenvalue weighted by Gasteiger charge is 2.46. The molecule has 2 fully saturated rings. The van der Waals surface area contributed by atoms with Gasteiger partial charge in [-0.15, -0.1) is 0 Å². The van der Waals surface area contributed by atoms with Crippen LogP contribution in [-0.4, -0.2) is 40.7 Å². The zero-order valence-corrected chi connectivity index (χ0v) is 17.9. The number of aromatic nitrogens is 1. The van der Waals surface area contributed by atoms with E-state index in [-0.39, 0.29) is 23.2 Å². The maximum atomic E-state index is 14.1. The number of carbonyl (C=O) groups is 1. The Kier molecular flexibility index (Phi) is 5.18. The molecule has 0 N–H and O–H groups in total. The van der Waals surface area contributed by atoms with E-state index in [2.05, 4.69) is 0 Å². The van der Waals surface area contributed by atoms with Crippen LogP contribution in [0.1, 0.15) is 54.5 Å². The fourth-order valence-electron chi connectivity index (χ4n) is 4.28. The molecule has 162 valence electrons. The summed E-state index contributed by atoms with van der Waals surface area (Å²) >= 11 is 5.99. The third-order valence-corrected chi connectivity index (χ3v) is 5.93. The molecule has 1 amide bonds. The molecule has 2 aromatic rings. The predicted octanol–water partition coefficient (Wildman–Crippen LogP) is 5.72. The van der Waals surface area contributed by atoms with E-state index >= 15 is 0 Å². The van der Waals surface area contributed by atoms with Crippen molar-refractivity contribution in [3.63, 3.8) is 0 Å². The Morgan fingerprint density at radius 3 is 2.37 bits per heavy atom. The van der Waals surface area contributed by atoms with Crippen molar-refractivity contribution in [3.05, 3.63) is 46.2 Å². The molecule has 0 spiro atoms. The summed E-state index contributed by atoms with van der Waals surface area (Å²) in [5.74, 6) is -0.387. The highest BCUT2D eigenvalue weighted by Crippen LogP contribution is 2.48. The molecule has 1 aliphatic heterocycles. The van der Waals surface area contributed by atoms with Gasteiger partial charge in [-0.3, -0.25) is 4.79 Å². The molecule has 0 unspecified atom stereocenters. The molecule has 30 heavy (non-hydrogen) atoms. The number of halogens is 4. The van der Waals surface area contributed by atoms with Crippen LogP contribution in [0.25, 0.3) is 11.1 Å². The van der Waals surface area contributed by atoms with Gasteiger partial charge in [-0.05, 0) is 56.9 Å². The van der Waals surface area contributed by atoms with E-state index in [1.807, 2.05) is 13.8 Å². The van der Waals surface area contributed by atoms with Crippen molar-refractivity contribution in [2.75, 3.05) is 19.7 Å². The minimum Gasteiger partial charge on any atom is -0.372 e. The van der Waals surface area contributed by atoms with Crippen molar-refractivity contribution >= 4 is 17.5 Å². The van der Waals surface area contributed by atoms with Gasteiger partial charge in [0.05, 0.1) is 12.2 Å². The summed E-state index contributed by atoms with van der Waals surface area (Å²) in [6, 6.07) is 6.28. The van der Waals surface area contributed by atoms with E-state index < -0.39 is 17.5 Å². The number of alkyl halides is 3. The van der Waals surface area contributed by atoms with Gasteiger partial charge in [-0.25, -0.2) is 0 Å². The average Bonchev–Trinajstić information content (AvgIpc) is 3.43. The fraction of sp³-hybridized carbons (Fsp3) is 0.500. The molecular weight excluding hydrogens is 417 g/mol. The van der Waals surface area contributed by atoms with Gasteiger partial charge in [0.1, 0.15) is 11.4 Å². The largest absolute Gasteiger partial charge is 0.431 e. The van der Waals surface area contributed by atoms with E-state index in [4.69, 9.17) is 16.3 Å². The van der Waals surface area contributed by atoms with E-state index in [0.29, 0.717) is 48.7 Å². The first kappa shape index (κ1) is 21.2. The summed E-state index contributed by atoms with van der Waals surface area (Å²) in [6.07, 6.45) is -3.30. The monoisotopic (exact) mass is 440 g/mol. The zero-order chi connectivity index (χ0) is 21.8. The molecule has 0 bridgehead atoms. The molecule has 1 saturated heterocycles. The first-order valence-electron chi connectivity index (χ1n) is 10.0. The lowest BCUT2D eigenvalue weighted by Gasteiger charge is -2.38. The maximum absolute atomic E-state index is 14.1. The maximum Gasteiger partial charge on any atom is 0.431 e. The lowest BCUT2D eigenvalue weighted by atomic mass is 9.99. The highest BCUT2D eigenvalue weighted by molar-refractivity contribution is 6.30. The Balaban J connectivity index is 1.93. The molecule has 4 rings (SSSR count). The zero-order valence-electron chi connectivity index (χ0n) is 17.1. The number of hydrogen-bond acceptors (Lipinski definition) is 2. The van der Waals surface area contributed by atoms with Crippen molar-refractivity contribution in [2.24, 2.45) is 0 Å². The van der Waals surface area contributed by atoms with Crippen LogP contribution in [0.4, 0.5) is 13.2 Å². The second-order valence-corrected chi connectivity index (χ2v) is 9.07. The Morgan fingerprint density at radius 1 is 1.20 bits per heavy atom. The standard InChI is InChI=1S/C22H24ClF3N2O2/c1-13-17(14-4-6-15(23)7-5-14)18(20(29)27-10-11-30-21(2,3)12-27)28(16-8-9-16)19(13)22(24,25)26/h4-7,16H,8-12H2,1-3H3. The van der Waals surface area contributed by atoms with Crippen molar-refractivity contribution < 1.29 is 22.7 Å². The van der Waals surface area contributed by atoms with Crippen LogP contribution in [-0.2, 0) is 10.9 Å². The van der Waals surface area contributed by atoms with E-state index in [9.17, 15) is 18.0 Å². The topological polar surface area (TPSA) is 34.5 Å². The van der Waals surface area contributed by atoms with Gasteiger partial charge in [0, 0.05) is 29.7 Å². The van der Waals surface area contributed by atoms with Crippen LogP contribution in [0.2, 0.25) is 5.02 Å². The number of rotatable bonds is 3. The summed E-state index contributed by atoms with van der Waals surface area (Å²) < 4.78 is 49.3. The normalized spacial score (nSPS) is 19.2. The van der Waals surface area contributed by atoms with E-state index in [1.165, 1.54) is 11.5 Å². The molecule has 0 radical (unpaired) electrons. The predicted molar refractivity (Wildman–Crippen MR) is 109 cm³/mol. The number of ether oxygens (including phenoxy) is 1. The lowest BCUT2D eigenvalue weighted by molar-refractivity contribution is -0.144.